The number of fused-ring (bicyclic) bond motifs is 1. The van der Waals surface area contributed by atoms with Gasteiger partial charge in [-0.25, -0.2) is 10.4 Å². The lowest BCUT2D eigenvalue weighted by Crippen LogP contribution is -2.48. The van der Waals surface area contributed by atoms with E-state index in [-0.39, 0.29) is 17.5 Å². The quantitative estimate of drug-likeness (QED) is 0.759. The van der Waals surface area contributed by atoms with Gasteiger partial charge >= 0.3 is 0 Å². The third kappa shape index (κ3) is 3.65. The highest BCUT2D eigenvalue weighted by Gasteiger charge is 2.34. The maximum atomic E-state index is 12.9. The summed E-state index contributed by atoms with van der Waals surface area (Å²) < 4.78 is 0. The molecule has 0 spiro atoms. The predicted molar refractivity (Wildman–Crippen MR) is 103 cm³/mol. The molecular weight excluding hydrogens is 342 g/mol. The second kappa shape index (κ2) is 7.62. The number of aromatic nitrogens is 2. The Morgan fingerprint density at radius 1 is 1.26 bits per heavy atom. The van der Waals surface area contributed by atoms with Crippen molar-refractivity contribution in [1.29, 1.82) is 0 Å². The molecule has 2 unspecified atom stereocenters. The van der Waals surface area contributed by atoms with Crippen molar-refractivity contribution in [2.75, 3.05) is 6.54 Å². The number of H-pyrrole nitrogens is 1. The van der Waals surface area contributed by atoms with Gasteiger partial charge in [0.05, 0.1) is 12.2 Å². The number of aromatic amines is 1. The minimum Gasteiger partial charge on any atom is -0.335 e. The van der Waals surface area contributed by atoms with Gasteiger partial charge in [-0.2, -0.15) is 0 Å². The fourth-order valence-electron chi connectivity index (χ4n) is 3.90. The van der Waals surface area contributed by atoms with Crippen molar-refractivity contribution in [3.05, 3.63) is 51.9 Å². The van der Waals surface area contributed by atoms with Crippen LogP contribution in [-0.4, -0.2) is 39.4 Å². The maximum absolute atomic E-state index is 12.9. The lowest BCUT2D eigenvalue weighted by Gasteiger charge is -2.29. The molecule has 0 bridgehead atoms. The molecule has 2 aromatic rings. The summed E-state index contributed by atoms with van der Waals surface area (Å²) in [5.41, 5.74) is 8.51. The Morgan fingerprint density at radius 3 is 2.85 bits per heavy atom. The molecule has 7 nitrogen and oxygen atoms in total. The molecule has 0 radical (unpaired) electrons. The van der Waals surface area contributed by atoms with Crippen LogP contribution in [0.3, 0.4) is 0 Å². The molecule has 1 aromatic heterocycles. The van der Waals surface area contributed by atoms with Crippen LogP contribution < -0.4 is 16.4 Å². The molecule has 2 aliphatic heterocycles. The molecule has 1 saturated heterocycles. The Balaban J connectivity index is 1.53. The Morgan fingerprint density at radius 2 is 2.07 bits per heavy atom. The first-order valence-corrected chi connectivity index (χ1v) is 9.63. The zero-order valence-corrected chi connectivity index (χ0v) is 15.5. The number of nitrogens with one attached hydrogen (secondary N) is 3. The second-order valence-corrected chi connectivity index (χ2v) is 7.28. The van der Waals surface area contributed by atoms with Crippen LogP contribution in [0.5, 0.6) is 0 Å². The largest absolute Gasteiger partial charge is 0.335 e. The lowest BCUT2D eigenvalue weighted by atomic mass is 10.0. The molecule has 4 rings (SSSR count). The number of carbonyl (C=O) groups is 1. The number of carbonyl (C=O) groups excluding carboxylic acids is 1. The summed E-state index contributed by atoms with van der Waals surface area (Å²) in [5, 5.41) is 0. The molecule has 1 fully saturated rings. The van der Waals surface area contributed by atoms with Crippen LogP contribution in [0.2, 0.25) is 0 Å². The van der Waals surface area contributed by atoms with Crippen molar-refractivity contribution in [1.82, 2.24) is 25.7 Å². The van der Waals surface area contributed by atoms with Crippen LogP contribution in [-0.2, 0) is 17.8 Å². The number of hydrogen-bond acceptors (Lipinski definition) is 5. The third-order valence-corrected chi connectivity index (χ3v) is 5.35. The average Bonchev–Trinajstić information content (AvgIpc) is 3.16. The fourth-order valence-corrected chi connectivity index (χ4v) is 3.90. The highest BCUT2D eigenvalue weighted by molar-refractivity contribution is 5.82. The van der Waals surface area contributed by atoms with Crippen LogP contribution in [0.1, 0.15) is 37.4 Å². The number of benzene rings is 1. The summed E-state index contributed by atoms with van der Waals surface area (Å²) in [6.07, 6.45) is 3.48. The zero-order valence-electron chi connectivity index (χ0n) is 15.5. The summed E-state index contributed by atoms with van der Waals surface area (Å²) in [5.74, 6) is 0.632. The van der Waals surface area contributed by atoms with Gasteiger partial charge in [-0.3, -0.25) is 15.0 Å². The standard InChI is InChI=1S/C20H25N5O2/c1-2-6-14-11-16(24-23-14)20(27)25-10-9-15-17(12-25)21-18(22-19(15)26)13-7-4-3-5-8-13/h3-5,7-8,14,16,23-24H,2,6,9-12H2,1H3,(H,21,22,26). The number of rotatable bonds is 4. The summed E-state index contributed by atoms with van der Waals surface area (Å²) in [4.78, 5) is 34.8. The predicted octanol–water partition coefficient (Wildman–Crippen LogP) is 1.36. The van der Waals surface area contributed by atoms with E-state index in [2.05, 4.69) is 27.7 Å². The second-order valence-electron chi connectivity index (χ2n) is 7.28. The first-order valence-electron chi connectivity index (χ1n) is 9.63. The minimum atomic E-state index is -0.210. The summed E-state index contributed by atoms with van der Waals surface area (Å²) in [6, 6.07) is 9.71. The van der Waals surface area contributed by atoms with Crippen molar-refractivity contribution in [3.8, 4) is 11.4 Å². The number of hydrogen-bond donors (Lipinski definition) is 3. The van der Waals surface area contributed by atoms with Gasteiger partial charge in [0.1, 0.15) is 11.9 Å². The van der Waals surface area contributed by atoms with Crippen LogP contribution in [0, 0.1) is 0 Å². The number of nitrogens with zero attached hydrogens (tertiary/aromatic N) is 2. The molecule has 142 valence electrons. The van der Waals surface area contributed by atoms with Crippen molar-refractivity contribution < 1.29 is 4.79 Å². The lowest BCUT2D eigenvalue weighted by molar-refractivity contribution is -0.134. The molecule has 3 N–H and O–H groups in total. The van der Waals surface area contributed by atoms with E-state index in [9.17, 15) is 9.59 Å². The summed E-state index contributed by atoms with van der Waals surface area (Å²) >= 11 is 0. The van der Waals surface area contributed by atoms with Crippen molar-refractivity contribution in [3.63, 3.8) is 0 Å². The van der Waals surface area contributed by atoms with Crippen LogP contribution in [0.15, 0.2) is 35.1 Å². The van der Waals surface area contributed by atoms with E-state index in [0.29, 0.717) is 42.6 Å². The average molecular weight is 367 g/mol. The van der Waals surface area contributed by atoms with E-state index in [1.54, 1.807) is 0 Å². The number of hydrazine groups is 1. The number of amides is 1. The first kappa shape index (κ1) is 17.9. The molecule has 0 aliphatic carbocycles. The van der Waals surface area contributed by atoms with E-state index in [1.165, 1.54) is 0 Å². The van der Waals surface area contributed by atoms with Crippen molar-refractivity contribution in [2.45, 2.75) is 51.2 Å². The summed E-state index contributed by atoms with van der Waals surface area (Å²) in [7, 11) is 0. The van der Waals surface area contributed by atoms with Crippen LogP contribution in [0.4, 0.5) is 0 Å². The molecule has 1 aromatic carbocycles. The molecule has 2 aliphatic rings. The molecule has 27 heavy (non-hydrogen) atoms. The van der Waals surface area contributed by atoms with Gasteiger partial charge < -0.3 is 9.88 Å². The Hall–Kier alpha value is -2.51. The highest BCUT2D eigenvalue weighted by Crippen LogP contribution is 2.20. The van der Waals surface area contributed by atoms with Gasteiger partial charge in [0, 0.05) is 23.7 Å². The Bertz CT molecular complexity index is 880. The molecule has 3 heterocycles. The molecule has 1 amide bonds. The monoisotopic (exact) mass is 367 g/mol. The molecular formula is C20H25N5O2. The van der Waals surface area contributed by atoms with Gasteiger partial charge in [0.25, 0.3) is 5.56 Å². The van der Waals surface area contributed by atoms with E-state index < -0.39 is 0 Å². The van der Waals surface area contributed by atoms with Crippen LogP contribution >= 0.6 is 0 Å². The van der Waals surface area contributed by atoms with Gasteiger partial charge in [-0.15, -0.1) is 0 Å². The van der Waals surface area contributed by atoms with Crippen molar-refractivity contribution in [2.24, 2.45) is 0 Å². The smallest absolute Gasteiger partial charge is 0.254 e. The van der Waals surface area contributed by atoms with Crippen LogP contribution in [0.25, 0.3) is 11.4 Å². The Labute approximate surface area is 158 Å². The topological polar surface area (TPSA) is 90.1 Å². The van der Waals surface area contributed by atoms with E-state index in [1.807, 2.05) is 35.2 Å². The minimum absolute atomic E-state index is 0.0788. The molecule has 2 atom stereocenters. The molecule has 0 saturated carbocycles. The Kier molecular flexibility index (Phi) is 5.05. The van der Waals surface area contributed by atoms with Gasteiger partial charge in [-0.1, -0.05) is 43.7 Å². The maximum Gasteiger partial charge on any atom is 0.254 e. The summed E-state index contributed by atoms with van der Waals surface area (Å²) in [6.45, 7) is 3.08. The normalized spacial score (nSPS) is 21.9. The van der Waals surface area contributed by atoms with E-state index in [0.717, 1.165) is 24.8 Å². The fraction of sp³-hybridized carbons (Fsp3) is 0.450. The van der Waals surface area contributed by atoms with Gasteiger partial charge in [0.2, 0.25) is 5.91 Å². The highest BCUT2D eigenvalue weighted by atomic mass is 16.2. The van der Waals surface area contributed by atoms with Gasteiger partial charge in [0.15, 0.2) is 0 Å². The van der Waals surface area contributed by atoms with Crippen molar-refractivity contribution >= 4 is 5.91 Å². The van der Waals surface area contributed by atoms with E-state index in [4.69, 9.17) is 0 Å². The van der Waals surface area contributed by atoms with E-state index >= 15 is 0 Å². The zero-order chi connectivity index (χ0) is 18.8. The molecule has 7 heteroatoms. The van der Waals surface area contributed by atoms with Gasteiger partial charge in [-0.05, 0) is 19.3 Å². The first-order chi connectivity index (χ1) is 13.2. The third-order valence-electron chi connectivity index (χ3n) is 5.35. The SMILES string of the molecule is CCCC1CC(C(=O)N2CCc3c(nc(-c4ccccc4)[nH]c3=O)C2)NN1.